The highest BCUT2D eigenvalue weighted by Gasteiger charge is 2.24. The van der Waals surface area contributed by atoms with Gasteiger partial charge in [-0.1, -0.05) is 0 Å². The predicted octanol–water partition coefficient (Wildman–Crippen LogP) is 1.98. The molecule has 0 aromatic carbocycles. The SMILES string of the molecule is COC(=O)c1ccc(N2CCCC(C(C)=O)C2)nc1C. The minimum atomic E-state index is -0.373. The van der Waals surface area contributed by atoms with Gasteiger partial charge in [-0.05, 0) is 38.8 Å². The molecule has 1 saturated heterocycles. The summed E-state index contributed by atoms with van der Waals surface area (Å²) in [5, 5.41) is 0. The number of Topliss-reactive ketones (excluding diaryl/α,β-unsaturated/α-hetero) is 1. The number of piperidine rings is 1. The first-order chi connectivity index (χ1) is 9.52. The second kappa shape index (κ2) is 6.03. The Hall–Kier alpha value is -1.91. The predicted molar refractivity (Wildman–Crippen MR) is 75.9 cm³/mol. The number of esters is 1. The van der Waals surface area contributed by atoms with E-state index in [1.54, 1.807) is 19.9 Å². The number of aryl methyl sites for hydroxylation is 1. The number of rotatable bonds is 3. The lowest BCUT2D eigenvalue weighted by atomic mass is 9.94. The van der Waals surface area contributed by atoms with Crippen LogP contribution in [0.4, 0.5) is 5.82 Å². The van der Waals surface area contributed by atoms with Crippen LogP contribution in [0.3, 0.4) is 0 Å². The Morgan fingerprint density at radius 3 is 2.75 bits per heavy atom. The summed E-state index contributed by atoms with van der Waals surface area (Å²) >= 11 is 0. The van der Waals surface area contributed by atoms with Crippen LogP contribution in [-0.2, 0) is 9.53 Å². The first kappa shape index (κ1) is 14.5. The van der Waals surface area contributed by atoms with Crippen LogP contribution < -0.4 is 4.90 Å². The summed E-state index contributed by atoms with van der Waals surface area (Å²) in [5.74, 6) is 0.770. The van der Waals surface area contributed by atoms with Gasteiger partial charge in [-0.3, -0.25) is 4.79 Å². The van der Waals surface area contributed by atoms with Gasteiger partial charge in [0.2, 0.25) is 0 Å². The smallest absolute Gasteiger partial charge is 0.339 e. The summed E-state index contributed by atoms with van der Waals surface area (Å²) in [7, 11) is 1.36. The molecular formula is C15H20N2O3. The maximum Gasteiger partial charge on any atom is 0.339 e. The topological polar surface area (TPSA) is 59.5 Å². The highest BCUT2D eigenvalue weighted by Crippen LogP contribution is 2.23. The third-order valence-corrected chi connectivity index (χ3v) is 3.80. The molecule has 5 heteroatoms. The largest absolute Gasteiger partial charge is 0.465 e. The molecule has 1 atom stereocenters. The summed E-state index contributed by atoms with van der Waals surface area (Å²) in [6.45, 7) is 5.04. The molecule has 0 amide bonds. The zero-order chi connectivity index (χ0) is 14.7. The van der Waals surface area contributed by atoms with Gasteiger partial charge in [-0.25, -0.2) is 9.78 Å². The fourth-order valence-electron chi connectivity index (χ4n) is 2.57. The van der Waals surface area contributed by atoms with E-state index in [-0.39, 0.29) is 17.7 Å². The maximum absolute atomic E-state index is 11.5. The van der Waals surface area contributed by atoms with E-state index in [2.05, 4.69) is 9.88 Å². The fraction of sp³-hybridized carbons (Fsp3) is 0.533. The minimum Gasteiger partial charge on any atom is -0.465 e. The van der Waals surface area contributed by atoms with Crippen molar-refractivity contribution in [2.75, 3.05) is 25.1 Å². The van der Waals surface area contributed by atoms with Crippen molar-refractivity contribution in [3.05, 3.63) is 23.4 Å². The molecule has 0 aliphatic carbocycles. The Morgan fingerprint density at radius 1 is 1.40 bits per heavy atom. The molecule has 20 heavy (non-hydrogen) atoms. The van der Waals surface area contributed by atoms with E-state index in [1.165, 1.54) is 7.11 Å². The van der Waals surface area contributed by atoms with Gasteiger partial charge in [0.05, 0.1) is 18.4 Å². The van der Waals surface area contributed by atoms with Gasteiger partial charge in [0.25, 0.3) is 0 Å². The van der Waals surface area contributed by atoms with Crippen LogP contribution in [0.15, 0.2) is 12.1 Å². The van der Waals surface area contributed by atoms with Gasteiger partial charge in [0.15, 0.2) is 0 Å². The Kier molecular flexibility index (Phi) is 4.37. The van der Waals surface area contributed by atoms with Crippen LogP contribution in [0, 0.1) is 12.8 Å². The molecule has 2 rings (SSSR count). The van der Waals surface area contributed by atoms with Crippen molar-refractivity contribution in [2.24, 2.45) is 5.92 Å². The summed E-state index contributed by atoms with van der Waals surface area (Å²) in [4.78, 5) is 29.6. The van der Waals surface area contributed by atoms with Crippen LogP contribution in [0.2, 0.25) is 0 Å². The third kappa shape index (κ3) is 2.98. The molecule has 0 N–H and O–H groups in total. The lowest BCUT2D eigenvalue weighted by Gasteiger charge is -2.32. The molecule has 2 heterocycles. The van der Waals surface area contributed by atoms with Gasteiger partial charge in [-0.2, -0.15) is 0 Å². The second-order valence-corrected chi connectivity index (χ2v) is 5.19. The van der Waals surface area contributed by atoms with Crippen molar-refractivity contribution in [1.29, 1.82) is 0 Å². The van der Waals surface area contributed by atoms with Gasteiger partial charge in [-0.15, -0.1) is 0 Å². The Labute approximate surface area is 118 Å². The first-order valence-electron chi connectivity index (χ1n) is 6.84. The Bertz CT molecular complexity index is 528. The zero-order valence-electron chi connectivity index (χ0n) is 12.2. The molecule has 1 aromatic heterocycles. The average molecular weight is 276 g/mol. The second-order valence-electron chi connectivity index (χ2n) is 5.19. The molecule has 0 saturated carbocycles. The number of aromatic nitrogens is 1. The number of hydrogen-bond donors (Lipinski definition) is 0. The van der Waals surface area contributed by atoms with E-state index in [0.29, 0.717) is 17.8 Å². The van der Waals surface area contributed by atoms with Gasteiger partial charge in [0.1, 0.15) is 11.6 Å². The fourth-order valence-corrected chi connectivity index (χ4v) is 2.57. The number of anilines is 1. The highest BCUT2D eigenvalue weighted by atomic mass is 16.5. The van der Waals surface area contributed by atoms with Crippen molar-refractivity contribution in [3.8, 4) is 0 Å². The average Bonchev–Trinajstić information content (AvgIpc) is 2.46. The van der Waals surface area contributed by atoms with Crippen LogP contribution in [0.1, 0.15) is 35.8 Å². The quantitative estimate of drug-likeness (QED) is 0.790. The number of ketones is 1. The van der Waals surface area contributed by atoms with Crippen molar-refractivity contribution in [1.82, 2.24) is 4.98 Å². The van der Waals surface area contributed by atoms with E-state index in [9.17, 15) is 9.59 Å². The van der Waals surface area contributed by atoms with Gasteiger partial charge < -0.3 is 9.64 Å². The van der Waals surface area contributed by atoms with Crippen LogP contribution in [-0.4, -0.2) is 36.9 Å². The molecule has 0 spiro atoms. The lowest BCUT2D eigenvalue weighted by Crippen LogP contribution is -2.38. The van der Waals surface area contributed by atoms with E-state index >= 15 is 0 Å². The maximum atomic E-state index is 11.5. The number of nitrogens with zero attached hydrogens (tertiary/aromatic N) is 2. The third-order valence-electron chi connectivity index (χ3n) is 3.80. The molecule has 0 radical (unpaired) electrons. The molecule has 1 unspecified atom stereocenters. The Balaban J connectivity index is 2.19. The van der Waals surface area contributed by atoms with E-state index in [1.807, 2.05) is 6.07 Å². The van der Waals surface area contributed by atoms with E-state index in [4.69, 9.17) is 4.74 Å². The zero-order valence-corrected chi connectivity index (χ0v) is 12.2. The van der Waals surface area contributed by atoms with Gasteiger partial charge >= 0.3 is 5.97 Å². The van der Waals surface area contributed by atoms with Crippen molar-refractivity contribution in [3.63, 3.8) is 0 Å². The normalized spacial score (nSPS) is 18.8. The lowest BCUT2D eigenvalue weighted by molar-refractivity contribution is -0.120. The van der Waals surface area contributed by atoms with Crippen LogP contribution >= 0.6 is 0 Å². The molecule has 1 aliphatic heterocycles. The molecule has 5 nitrogen and oxygen atoms in total. The summed E-state index contributed by atoms with van der Waals surface area (Å²) in [6, 6.07) is 3.56. The molecule has 1 fully saturated rings. The molecular weight excluding hydrogens is 256 g/mol. The highest BCUT2D eigenvalue weighted by molar-refractivity contribution is 5.90. The monoisotopic (exact) mass is 276 g/mol. The summed E-state index contributed by atoms with van der Waals surface area (Å²) in [5.41, 5.74) is 1.13. The van der Waals surface area contributed by atoms with Crippen molar-refractivity contribution >= 4 is 17.6 Å². The Morgan fingerprint density at radius 2 is 2.15 bits per heavy atom. The number of methoxy groups -OCH3 is 1. The number of carbonyl (C=O) groups is 2. The standard InChI is InChI=1S/C15H20N2O3/c1-10-13(15(19)20-3)6-7-14(16-10)17-8-4-5-12(9-17)11(2)18/h6-7,12H,4-5,8-9H2,1-3H3. The molecule has 1 aromatic rings. The molecule has 0 bridgehead atoms. The summed E-state index contributed by atoms with van der Waals surface area (Å²) < 4.78 is 4.71. The van der Waals surface area contributed by atoms with Crippen molar-refractivity contribution in [2.45, 2.75) is 26.7 Å². The van der Waals surface area contributed by atoms with Crippen molar-refractivity contribution < 1.29 is 14.3 Å². The van der Waals surface area contributed by atoms with Crippen LogP contribution in [0.5, 0.6) is 0 Å². The minimum absolute atomic E-state index is 0.0890. The number of hydrogen-bond acceptors (Lipinski definition) is 5. The first-order valence-corrected chi connectivity index (χ1v) is 6.84. The van der Waals surface area contributed by atoms with E-state index in [0.717, 1.165) is 25.2 Å². The van der Waals surface area contributed by atoms with E-state index < -0.39 is 0 Å². The van der Waals surface area contributed by atoms with Gasteiger partial charge in [0, 0.05) is 19.0 Å². The van der Waals surface area contributed by atoms with Crippen LogP contribution in [0.25, 0.3) is 0 Å². The number of pyridine rings is 1. The number of carbonyl (C=O) groups excluding carboxylic acids is 2. The summed E-state index contributed by atoms with van der Waals surface area (Å²) in [6.07, 6.45) is 1.94. The molecule has 108 valence electrons. The number of ether oxygens (including phenoxy) is 1. The molecule has 1 aliphatic rings.